The number of aromatic nitrogens is 2. The molecule has 3 aromatic rings. The van der Waals surface area contributed by atoms with Crippen molar-refractivity contribution in [1.29, 1.82) is 0 Å². The zero-order valence-electron chi connectivity index (χ0n) is 16.6. The minimum Gasteiger partial charge on any atom is -0.760 e. The Balaban J connectivity index is 1.53. The molecule has 0 fully saturated rings. The molecular formula is C20H19ClN7O3S-. The van der Waals surface area contributed by atoms with Crippen molar-refractivity contribution in [3.8, 4) is 0 Å². The summed E-state index contributed by atoms with van der Waals surface area (Å²) in [5.41, 5.74) is 4.15. The van der Waals surface area contributed by atoms with Gasteiger partial charge in [0.25, 0.3) is 0 Å². The standard InChI is InChI=1S/C20H20ClN7O3S/c21-16-11-22-19(26-15-6-5-12-8-23-20(29)24-9-14(12)7-15)28-18(16)27-17-4-2-1-3-13(17)10-25-32(30)31/h1-7,11,25H,8-10H2,(H,30,31)(H2,23,24,29)(H2,22,26,27,28)/p-1. The number of urea groups is 1. The predicted octanol–water partition coefficient (Wildman–Crippen LogP) is 2.81. The van der Waals surface area contributed by atoms with Gasteiger partial charge in [-0.2, -0.15) is 4.98 Å². The van der Waals surface area contributed by atoms with Gasteiger partial charge in [0, 0.05) is 42.3 Å². The van der Waals surface area contributed by atoms with Crippen LogP contribution in [0.5, 0.6) is 0 Å². The van der Waals surface area contributed by atoms with Gasteiger partial charge in [-0.3, -0.25) is 4.21 Å². The molecule has 2 aromatic carbocycles. The van der Waals surface area contributed by atoms with Crippen molar-refractivity contribution >= 4 is 52.0 Å². The number of halogens is 1. The van der Waals surface area contributed by atoms with Crippen LogP contribution in [0.15, 0.2) is 48.7 Å². The highest BCUT2D eigenvalue weighted by atomic mass is 35.5. The first-order chi connectivity index (χ1) is 15.5. The maximum absolute atomic E-state index is 11.5. The number of hydrogen-bond acceptors (Lipinski definition) is 7. The summed E-state index contributed by atoms with van der Waals surface area (Å²) in [7, 11) is 0. The van der Waals surface area contributed by atoms with Gasteiger partial charge in [-0.1, -0.05) is 35.9 Å². The highest BCUT2D eigenvalue weighted by Crippen LogP contribution is 2.27. The summed E-state index contributed by atoms with van der Waals surface area (Å²) in [6.45, 7) is 0.999. The molecule has 1 atom stereocenters. The molecule has 1 unspecified atom stereocenters. The lowest BCUT2D eigenvalue weighted by atomic mass is 10.1. The summed E-state index contributed by atoms with van der Waals surface area (Å²) in [5.74, 6) is 0.690. The molecule has 2 amide bonds. The lowest BCUT2D eigenvalue weighted by Crippen LogP contribution is -2.31. The molecule has 2 heterocycles. The summed E-state index contributed by atoms with van der Waals surface area (Å²) < 4.78 is 24.0. The number of carbonyl (C=O) groups excluding carboxylic acids is 1. The van der Waals surface area contributed by atoms with Crippen molar-refractivity contribution in [3.05, 3.63) is 70.4 Å². The Labute approximate surface area is 191 Å². The number of nitrogens with one attached hydrogen (secondary N) is 5. The van der Waals surface area contributed by atoms with Crippen LogP contribution in [0, 0.1) is 0 Å². The third kappa shape index (κ3) is 5.51. The Kier molecular flexibility index (Phi) is 6.81. The lowest BCUT2D eigenvalue weighted by molar-refractivity contribution is 0.241. The fourth-order valence-corrected chi connectivity index (χ4v) is 3.57. The van der Waals surface area contributed by atoms with Gasteiger partial charge in [-0.25, -0.2) is 14.5 Å². The molecular weight excluding hydrogens is 454 g/mol. The molecule has 1 aromatic heterocycles. The van der Waals surface area contributed by atoms with E-state index in [-0.39, 0.29) is 12.6 Å². The smallest absolute Gasteiger partial charge is 0.315 e. The van der Waals surface area contributed by atoms with Crippen molar-refractivity contribution < 1.29 is 13.6 Å². The SMILES string of the molecule is O=C1NCc2ccc(Nc3ncc(Cl)c(Nc4ccccc4CNS(=O)[O-])n3)cc2CN1. The molecule has 0 radical (unpaired) electrons. The molecule has 32 heavy (non-hydrogen) atoms. The number of fused-ring (bicyclic) bond motifs is 1. The van der Waals surface area contributed by atoms with E-state index >= 15 is 0 Å². The second-order valence-electron chi connectivity index (χ2n) is 6.87. The van der Waals surface area contributed by atoms with E-state index in [4.69, 9.17) is 11.6 Å². The fraction of sp³-hybridized carbons (Fsp3) is 0.150. The molecule has 1 aliphatic heterocycles. The molecule has 5 N–H and O–H groups in total. The minimum atomic E-state index is -2.37. The van der Waals surface area contributed by atoms with E-state index in [0.29, 0.717) is 35.6 Å². The average Bonchev–Trinajstić information content (AvgIpc) is 2.96. The highest BCUT2D eigenvalue weighted by molar-refractivity contribution is 7.77. The maximum atomic E-state index is 11.5. The first-order valence-corrected chi connectivity index (χ1v) is 11.0. The van der Waals surface area contributed by atoms with E-state index in [9.17, 15) is 13.6 Å². The summed E-state index contributed by atoms with van der Waals surface area (Å²) in [5, 5.41) is 12.1. The number of para-hydroxylation sites is 1. The van der Waals surface area contributed by atoms with E-state index in [1.165, 1.54) is 6.20 Å². The first kappa shape index (κ1) is 22.0. The molecule has 166 valence electrons. The van der Waals surface area contributed by atoms with E-state index in [0.717, 1.165) is 22.4 Å². The molecule has 0 saturated heterocycles. The molecule has 0 saturated carbocycles. The van der Waals surface area contributed by atoms with Crippen molar-refractivity contribution in [3.63, 3.8) is 0 Å². The highest BCUT2D eigenvalue weighted by Gasteiger charge is 2.13. The van der Waals surface area contributed by atoms with Gasteiger partial charge in [0.2, 0.25) is 5.95 Å². The Morgan fingerprint density at radius 3 is 2.69 bits per heavy atom. The van der Waals surface area contributed by atoms with Crippen LogP contribution in [0.2, 0.25) is 5.02 Å². The van der Waals surface area contributed by atoms with Crippen LogP contribution in [0.25, 0.3) is 0 Å². The van der Waals surface area contributed by atoms with Gasteiger partial charge < -0.3 is 25.8 Å². The summed E-state index contributed by atoms with van der Waals surface area (Å²) in [6.07, 6.45) is 1.47. The van der Waals surface area contributed by atoms with Crippen LogP contribution in [0.3, 0.4) is 0 Å². The zero-order chi connectivity index (χ0) is 22.5. The molecule has 0 aliphatic carbocycles. The van der Waals surface area contributed by atoms with Crippen LogP contribution in [0.4, 0.5) is 27.9 Å². The lowest BCUT2D eigenvalue weighted by Gasteiger charge is -2.15. The second-order valence-corrected chi connectivity index (χ2v) is 8.04. The van der Waals surface area contributed by atoms with Gasteiger partial charge in [-0.05, 0) is 34.9 Å². The Morgan fingerprint density at radius 2 is 1.88 bits per heavy atom. The van der Waals surface area contributed by atoms with E-state index in [1.807, 2.05) is 24.3 Å². The average molecular weight is 473 g/mol. The fourth-order valence-electron chi connectivity index (χ4n) is 3.16. The largest absolute Gasteiger partial charge is 0.760 e. The van der Waals surface area contributed by atoms with Crippen molar-refractivity contribution in [2.45, 2.75) is 19.6 Å². The molecule has 10 nitrogen and oxygen atoms in total. The predicted molar refractivity (Wildman–Crippen MR) is 121 cm³/mol. The summed E-state index contributed by atoms with van der Waals surface area (Å²) >= 11 is 3.91. The first-order valence-electron chi connectivity index (χ1n) is 9.58. The van der Waals surface area contributed by atoms with Crippen LogP contribution in [-0.2, 0) is 30.9 Å². The molecule has 4 rings (SSSR count). The zero-order valence-corrected chi connectivity index (χ0v) is 18.2. The normalized spacial score (nSPS) is 13.9. The van der Waals surface area contributed by atoms with Crippen LogP contribution < -0.4 is 26.0 Å². The third-order valence-electron chi connectivity index (χ3n) is 4.74. The van der Waals surface area contributed by atoms with Crippen molar-refractivity contribution in [1.82, 2.24) is 25.3 Å². The van der Waals surface area contributed by atoms with E-state index in [2.05, 4.69) is 36.0 Å². The van der Waals surface area contributed by atoms with Gasteiger partial charge in [0.05, 0.1) is 6.20 Å². The number of anilines is 4. The Bertz CT molecular complexity index is 1180. The number of benzene rings is 2. The maximum Gasteiger partial charge on any atom is 0.315 e. The molecule has 12 heteroatoms. The molecule has 0 bridgehead atoms. The van der Waals surface area contributed by atoms with Gasteiger partial charge in [-0.15, -0.1) is 0 Å². The van der Waals surface area contributed by atoms with E-state index in [1.54, 1.807) is 18.2 Å². The monoisotopic (exact) mass is 472 g/mol. The van der Waals surface area contributed by atoms with Gasteiger partial charge in [0.1, 0.15) is 5.02 Å². The molecule has 1 aliphatic rings. The van der Waals surface area contributed by atoms with Crippen molar-refractivity contribution in [2.24, 2.45) is 0 Å². The summed E-state index contributed by atoms with van der Waals surface area (Å²) in [6, 6.07) is 12.7. The number of amides is 2. The Hall–Kier alpha value is -3.25. The third-order valence-corrected chi connectivity index (χ3v) is 5.39. The van der Waals surface area contributed by atoms with Crippen LogP contribution >= 0.6 is 11.6 Å². The minimum absolute atomic E-state index is 0.119. The van der Waals surface area contributed by atoms with Crippen molar-refractivity contribution in [2.75, 3.05) is 10.6 Å². The van der Waals surface area contributed by atoms with Gasteiger partial charge in [0.15, 0.2) is 5.82 Å². The van der Waals surface area contributed by atoms with E-state index < -0.39 is 11.3 Å². The van der Waals surface area contributed by atoms with Crippen LogP contribution in [0.1, 0.15) is 16.7 Å². The molecule has 0 spiro atoms. The summed E-state index contributed by atoms with van der Waals surface area (Å²) in [4.78, 5) is 20.2. The quantitative estimate of drug-likeness (QED) is 0.332. The van der Waals surface area contributed by atoms with Crippen LogP contribution in [-0.4, -0.2) is 24.8 Å². The second kappa shape index (κ2) is 9.92. The Morgan fingerprint density at radius 1 is 1.09 bits per heavy atom. The number of rotatable bonds is 7. The number of carbonyl (C=O) groups is 1. The number of nitrogens with zero attached hydrogens (tertiary/aromatic N) is 2. The topological polar surface area (TPSA) is 143 Å². The number of hydrogen-bond donors (Lipinski definition) is 5. The van der Waals surface area contributed by atoms with Gasteiger partial charge >= 0.3 is 6.03 Å².